The predicted molar refractivity (Wildman–Crippen MR) is 84.4 cm³/mol. The van der Waals surface area contributed by atoms with E-state index in [1.54, 1.807) is 25.2 Å². The van der Waals surface area contributed by atoms with Crippen molar-refractivity contribution in [3.05, 3.63) is 58.7 Å². The summed E-state index contributed by atoms with van der Waals surface area (Å²) in [5.74, 6) is -11.2. The van der Waals surface area contributed by atoms with Crippen molar-refractivity contribution in [2.75, 3.05) is 10.6 Å². The molecule has 1 amide bonds. The fourth-order valence-electron chi connectivity index (χ4n) is 2.29. The molecule has 10 heteroatoms. The number of para-hydroxylation sites is 1. The third-order valence-electron chi connectivity index (χ3n) is 3.40. The minimum atomic E-state index is -5.66. The second-order valence-electron chi connectivity index (χ2n) is 5.80. The number of carbonyl (C=O) groups is 1. The summed E-state index contributed by atoms with van der Waals surface area (Å²) in [4.78, 5) is 12.3. The van der Waals surface area contributed by atoms with E-state index in [0.717, 1.165) is 0 Å². The highest BCUT2D eigenvalue weighted by Crippen LogP contribution is 2.38. The second-order valence-corrected chi connectivity index (χ2v) is 5.80. The highest BCUT2D eigenvalue weighted by atomic mass is 19.4. The first-order chi connectivity index (χ1) is 12.4. The standard InChI is InChI=1S/C17H13F7N2O/c1-7(2)25-9-6-4-3-5-8(9)16(27)26-15-13(20)11(18)10(17(22,23)24)12(19)14(15)21/h3-7,25H,1-2H3,(H,26,27). The topological polar surface area (TPSA) is 41.1 Å². The Kier molecular flexibility index (Phi) is 5.67. The molecule has 0 fully saturated rings. The molecule has 0 aliphatic rings. The highest BCUT2D eigenvalue weighted by Gasteiger charge is 2.42. The average molecular weight is 394 g/mol. The summed E-state index contributed by atoms with van der Waals surface area (Å²) in [7, 11) is 0. The van der Waals surface area contributed by atoms with Gasteiger partial charge in [-0.1, -0.05) is 12.1 Å². The van der Waals surface area contributed by atoms with Crippen LogP contribution >= 0.6 is 0 Å². The number of carbonyl (C=O) groups excluding carboxylic acids is 1. The van der Waals surface area contributed by atoms with Crippen molar-refractivity contribution in [2.24, 2.45) is 0 Å². The molecule has 3 nitrogen and oxygen atoms in total. The van der Waals surface area contributed by atoms with Gasteiger partial charge in [-0.25, -0.2) is 17.6 Å². The van der Waals surface area contributed by atoms with Gasteiger partial charge in [-0.15, -0.1) is 0 Å². The van der Waals surface area contributed by atoms with Crippen LogP contribution in [0.5, 0.6) is 0 Å². The van der Waals surface area contributed by atoms with Crippen molar-refractivity contribution in [1.29, 1.82) is 0 Å². The Morgan fingerprint density at radius 3 is 1.93 bits per heavy atom. The van der Waals surface area contributed by atoms with Gasteiger partial charge in [-0.3, -0.25) is 4.79 Å². The van der Waals surface area contributed by atoms with E-state index >= 15 is 0 Å². The second kappa shape index (κ2) is 7.45. The van der Waals surface area contributed by atoms with Crippen LogP contribution in [0.3, 0.4) is 0 Å². The van der Waals surface area contributed by atoms with Gasteiger partial charge in [-0.05, 0) is 26.0 Å². The number of nitrogens with one attached hydrogen (secondary N) is 2. The van der Waals surface area contributed by atoms with Gasteiger partial charge in [0.2, 0.25) is 0 Å². The molecule has 146 valence electrons. The smallest absolute Gasteiger partial charge is 0.382 e. The molecule has 0 spiro atoms. The monoisotopic (exact) mass is 394 g/mol. The van der Waals surface area contributed by atoms with Crippen LogP contribution in [0.25, 0.3) is 0 Å². The van der Waals surface area contributed by atoms with Crippen molar-refractivity contribution in [3.63, 3.8) is 0 Å². The number of hydrogen-bond donors (Lipinski definition) is 2. The van der Waals surface area contributed by atoms with Gasteiger partial charge >= 0.3 is 6.18 Å². The number of halogens is 7. The van der Waals surface area contributed by atoms with E-state index in [9.17, 15) is 35.5 Å². The molecule has 2 N–H and O–H groups in total. The molecule has 0 aromatic heterocycles. The molecule has 0 aliphatic carbocycles. The van der Waals surface area contributed by atoms with Crippen LogP contribution in [0, 0.1) is 23.3 Å². The molecule has 2 rings (SSSR count). The Morgan fingerprint density at radius 1 is 0.926 bits per heavy atom. The third kappa shape index (κ3) is 4.15. The zero-order valence-electron chi connectivity index (χ0n) is 13.9. The van der Waals surface area contributed by atoms with Gasteiger partial charge in [0.05, 0.1) is 5.56 Å². The lowest BCUT2D eigenvalue weighted by Gasteiger charge is -2.17. The lowest BCUT2D eigenvalue weighted by atomic mass is 10.1. The van der Waals surface area contributed by atoms with E-state index in [0.29, 0.717) is 0 Å². The summed E-state index contributed by atoms with van der Waals surface area (Å²) in [6.45, 7) is 3.49. The zero-order chi connectivity index (χ0) is 20.5. The molecule has 0 saturated heterocycles. The number of amides is 1. The summed E-state index contributed by atoms with van der Waals surface area (Å²) in [5, 5.41) is 4.47. The number of alkyl halides is 3. The van der Waals surface area contributed by atoms with Crippen LogP contribution in [0.15, 0.2) is 24.3 Å². The Bertz CT molecular complexity index is 849. The molecular formula is C17H13F7N2O. The van der Waals surface area contributed by atoms with E-state index < -0.39 is 46.6 Å². The van der Waals surface area contributed by atoms with Crippen molar-refractivity contribution < 1.29 is 35.5 Å². The van der Waals surface area contributed by atoms with Crippen molar-refractivity contribution in [3.8, 4) is 0 Å². The molecule has 0 unspecified atom stereocenters. The maximum absolute atomic E-state index is 13.9. The highest BCUT2D eigenvalue weighted by molar-refractivity contribution is 6.08. The average Bonchev–Trinajstić information content (AvgIpc) is 2.55. The van der Waals surface area contributed by atoms with E-state index in [4.69, 9.17) is 0 Å². The van der Waals surface area contributed by atoms with E-state index in [1.807, 2.05) is 0 Å². The van der Waals surface area contributed by atoms with Crippen LogP contribution in [-0.2, 0) is 6.18 Å². The Labute approximate surface area is 149 Å². The predicted octanol–water partition coefficient (Wildman–Crippen LogP) is 5.33. The molecule has 0 heterocycles. The van der Waals surface area contributed by atoms with Crippen LogP contribution < -0.4 is 10.6 Å². The van der Waals surface area contributed by atoms with E-state index in [1.165, 1.54) is 18.2 Å². The Balaban J connectivity index is 2.49. The summed E-state index contributed by atoms with van der Waals surface area (Å²) < 4.78 is 92.9. The van der Waals surface area contributed by atoms with E-state index in [-0.39, 0.29) is 17.3 Å². The number of hydrogen-bond acceptors (Lipinski definition) is 2. The van der Waals surface area contributed by atoms with Gasteiger partial charge in [-0.2, -0.15) is 13.2 Å². The first-order valence-electron chi connectivity index (χ1n) is 7.55. The molecule has 27 heavy (non-hydrogen) atoms. The van der Waals surface area contributed by atoms with E-state index in [2.05, 4.69) is 5.32 Å². The zero-order valence-corrected chi connectivity index (χ0v) is 13.9. The largest absolute Gasteiger partial charge is 0.422 e. The summed E-state index contributed by atoms with van der Waals surface area (Å²) >= 11 is 0. The Hall–Kier alpha value is -2.78. The maximum atomic E-state index is 13.9. The molecule has 0 radical (unpaired) electrons. The summed E-state index contributed by atoms with van der Waals surface area (Å²) in [6.07, 6.45) is -5.66. The quantitative estimate of drug-likeness (QED) is 0.543. The van der Waals surface area contributed by atoms with Gasteiger partial charge in [0, 0.05) is 11.7 Å². The lowest BCUT2D eigenvalue weighted by molar-refractivity contribution is -0.143. The van der Waals surface area contributed by atoms with Crippen LogP contribution in [-0.4, -0.2) is 11.9 Å². The van der Waals surface area contributed by atoms with Gasteiger partial charge < -0.3 is 10.6 Å². The molecule has 2 aromatic carbocycles. The Morgan fingerprint density at radius 2 is 1.44 bits per heavy atom. The fourth-order valence-corrected chi connectivity index (χ4v) is 2.29. The number of anilines is 2. The first kappa shape index (κ1) is 20.5. The van der Waals surface area contributed by atoms with Crippen molar-refractivity contribution in [2.45, 2.75) is 26.1 Å². The fraction of sp³-hybridized carbons (Fsp3) is 0.235. The summed E-state index contributed by atoms with van der Waals surface area (Å²) in [6, 6.07) is 5.57. The minimum Gasteiger partial charge on any atom is -0.382 e. The maximum Gasteiger partial charge on any atom is 0.422 e. The molecule has 0 saturated carbocycles. The summed E-state index contributed by atoms with van der Waals surface area (Å²) in [5.41, 5.74) is -4.25. The van der Waals surface area contributed by atoms with Gasteiger partial charge in [0.1, 0.15) is 11.3 Å². The number of benzene rings is 2. The van der Waals surface area contributed by atoms with Crippen LogP contribution in [0.1, 0.15) is 29.8 Å². The normalized spacial score (nSPS) is 11.6. The van der Waals surface area contributed by atoms with Gasteiger partial charge in [0.25, 0.3) is 5.91 Å². The van der Waals surface area contributed by atoms with Gasteiger partial charge in [0.15, 0.2) is 23.3 Å². The molecular weight excluding hydrogens is 381 g/mol. The van der Waals surface area contributed by atoms with Crippen LogP contribution in [0.4, 0.5) is 42.1 Å². The first-order valence-corrected chi connectivity index (χ1v) is 7.55. The van der Waals surface area contributed by atoms with Crippen LogP contribution in [0.2, 0.25) is 0 Å². The number of rotatable bonds is 4. The molecule has 0 atom stereocenters. The molecule has 0 aliphatic heterocycles. The molecule has 2 aromatic rings. The molecule has 0 bridgehead atoms. The SMILES string of the molecule is CC(C)Nc1ccccc1C(=O)Nc1c(F)c(F)c(C(F)(F)F)c(F)c1F. The minimum absolute atomic E-state index is 0.131. The lowest BCUT2D eigenvalue weighted by Crippen LogP contribution is -2.21. The third-order valence-corrected chi connectivity index (χ3v) is 3.40. The van der Waals surface area contributed by atoms with Crippen molar-refractivity contribution in [1.82, 2.24) is 0 Å². The van der Waals surface area contributed by atoms with Crippen molar-refractivity contribution >= 4 is 17.3 Å².